The SMILES string of the molecule is Cc1sc(Br)cc1S(=O)(=O)N(CC/C(N)=N/O)C(C)C. The molecule has 1 heterocycles. The Hall–Kier alpha value is -0.640. The molecule has 0 fully saturated rings. The zero-order valence-electron chi connectivity index (χ0n) is 11.5. The van der Waals surface area contributed by atoms with E-state index >= 15 is 0 Å². The zero-order valence-corrected chi connectivity index (χ0v) is 14.7. The Morgan fingerprint density at radius 2 is 2.20 bits per heavy atom. The van der Waals surface area contributed by atoms with E-state index in [-0.39, 0.29) is 24.8 Å². The number of thiophene rings is 1. The van der Waals surface area contributed by atoms with Crippen molar-refractivity contribution in [1.29, 1.82) is 0 Å². The van der Waals surface area contributed by atoms with Gasteiger partial charge in [0.15, 0.2) is 0 Å². The van der Waals surface area contributed by atoms with Crippen LogP contribution in [-0.4, -0.2) is 36.4 Å². The van der Waals surface area contributed by atoms with Crippen molar-refractivity contribution >= 4 is 43.1 Å². The number of nitrogens with two attached hydrogens (primary N) is 1. The molecule has 0 unspecified atom stereocenters. The molecule has 0 bridgehead atoms. The minimum absolute atomic E-state index is 0.00840. The van der Waals surface area contributed by atoms with Gasteiger partial charge in [-0.2, -0.15) is 4.31 Å². The van der Waals surface area contributed by atoms with Gasteiger partial charge in [0.25, 0.3) is 0 Å². The summed E-state index contributed by atoms with van der Waals surface area (Å²) in [5.74, 6) is 0.00840. The molecule has 1 aromatic rings. The number of amidine groups is 1. The first-order valence-electron chi connectivity index (χ1n) is 5.94. The second-order valence-electron chi connectivity index (χ2n) is 4.52. The molecule has 0 aliphatic heterocycles. The van der Waals surface area contributed by atoms with Crippen molar-refractivity contribution < 1.29 is 13.6 Å². The summed E-state index contributed by atoms with van der Waals surface area (Å²) >= 11 is 4.67. The molecule has 0 aromatic carbocycles. The van der Waals surface area contributed by atoms with Crippen LogP contribution < -0.4 is 5.73 Å². The molecule has 6 nitrogen and oxygen atoms in total. The molecule has 20 heavy (non-hydrogen) atoms. The molecule has 0 aliphatic rings. The van der Waals surface area contributed by atoms with E-state index in [0.29, 0.717) is 4.90 Å². The molecule has 114 valence electrons. The predicted molar refractivity (Wildman–Crippen MR) is 83.8 cm³/mol. The van der Waals surface area contributed by atoms with E-state index in [4.69, 9.17) is 10.9 Å². The minimum Gasteiger partial charge on any atom is -0.409 e. The minimum atomic E-state index is -3.59. The van der Waals surface area contributed by atoms with Crippen LogP contribution in [0.15, 0.2) is 19.9 Å². The molecule has 0 spiro atoms. The molecule has 0 saturated heterocycles. The number of sulfonamides is 1. The van der Waals surface area contributed by atoms with Crippen LogP contribution in [0.2, 0.25) is 0 Å². The van der Waals surface area contributed by atoms with Gasteiger partial charge in [-0.15, -0.1) is 11.3 Å². The highest BCUT2D eigenvalue weighted by Gasteiger charge is 2.29. The lowest BCUT2D eigenvalue weighted by atomic mass is 10.3. The lowest BCUT2D eigenvalue weighted by molar-refractivity contribution is 0.313. The normalized spacial score (nSPS) is 13.4. The molecule has 9 heteroatoms. The fourth-order valence-corrected chi connectivity index (χ4v) is 5.77. The van der Waals surface area contributed by atoms with Gasteiger partial charge < -0.3 is 10.9 Å². The summed E-state index contributed by atoms with van der Waals surface area (Å²) in [6.07, 6.45) is 0.179. The van der Waals surface area contributed by atoms with E-state index in [1.807, 2.05) is 0 Å². The number of hydrogen-bond acceptors (Lipinski definition) is 5. The summed E-state index contributed by atoms with van der Waals surface area (Å²) in [6, 6.07) is 1.39. The number of halogens is 1. The molecule has 0 saturated carbocycles. The van der Waals surface area contributed by atoms with E-state index in [9.17, 15) is 8.42 Å². The van der Waals surface area contributed by atoms with Crippen molar-refractivity contribution in [2.75, 3.05) is 6.54 Å². The molecule has 0 amide bonds. The first-order valence-corrected chi connectivity index (χ1v) is 8.99. The topological polar surface area (TPSA) is 96.0 Å². The van der Waals surface area contributed by atoms with Gasteiger partial charge in [0.1, 0.15) is 5.84 Å². The molecular weight excluding hydrogens is 366 g/mol. The Labute approximate surface area is 131 Å². The van der Waals surface area contributed by atoms with Gasteiger partial charge >= 0.3 is 0 Å². The smallest absolute Gasteiger partial charge is 0.244 e. The summed E-state index contributed by atoms with van der Waals surface area (Å²) in [7, 11) is -3.59. The Kier molecular flexibility index (Phi) is 5.99. The number of hydrogen-bond donors (Lipinski definition) is 2. The molecule has 3 N–H and O–H groups in total. The highest BCUT2D eigenvalue weighted by Crippen LogP contribution is 2.32. The van der Waals surface area contributed by atoms with Crippen LogP contribution in [-0.2, 0) is 10.0 Å². The Morgan fingerprint density at radius 3 is 2.60 bits per heavy atom. The van der Waals surface area contributed by atoms with E-state index in [1.165, 1.54) is 15.6 Å². The first-order chi connectivity index (χ1) is 9.20. The average molecular weight is 384 g/mol. The van der Waals surface area contributed by atoms with Crippen molar-refractivity contribution in [3.63, 3.8) is 0 Å². The fraction of sp³-hybridized carbons (Fsp3) is 0.545. The third-order valence-corrected chi connectivity index (χ3v) is 6.61. The molecular formula is C11H18BrN3O3S2. The maximum absolute atomic E-state index is 12.7. The van der Waals surface area contributed by atoms with Gasteiger partial charge in [-0.1, -0.05) is 5.16 Å². The summed E-state index contributed by atoms with van der Waals surface area (Å²) in [4.78, 5) is 1.02. The lowest BCUT2D eigenvalue weighted by Gasteiger charge is -2.25. The van der Waals surface area contributed by atoms with Crippen molar-refractivity contribution in [2.45, 2.75) is 38.1 Å². The van der Waals surface area contributed by atoms with Gasteiger partial charge in [0, 0.05) is 23.9 Å². The summed E-state index contributed by atoms with van der Waals surface area (Å²) < 4.78 is 27.5. The quantitative estimate of drug-likeness (QED) is 0.341. The number of oxime groups is 1. The molecule has 1 rings (SSSR count). The maximum Gasteiger partial charge on any atom is 0.244 e. The van der Waals surface area contributed by atoms with Crippen LogP contribution in [0.25, 0.3) is 0 Å². The van der Waals surface area contributed by atoms with Crippen LogP contribution in [0.3, 0.4) is 0 Å². The molecule has 1 aromatic heterocycles. The van der Waals surface area contributed by atoms with E-state index < -0.39 is 10.0 Å². The van der Waals surface area contributed by atoms with Crippen LogP contribution in [0.5, 0.6) is 0 Å². The predicted octanol–water partition coefficient (Wildman–Crippen LogP) is 2.35. The zero-order chi connectivity index (χ0) is 15.5. The highest BCUT2D eigenvalue weighted by molar-refractivity contribution is 9.11. The summed E-state index contributed by atoms with van der Waals surface area (Å²) in [5, 5.41) is 11.4. The van der Waals surface area contributed by atoms with Crippen LogP contribution in [0, 0.1) is 6.92 Å². The Bertz CT molecular complexity index is 596. The average Bonchev–Trinajstić information content (AvgIpc) is 2.68. The molecule has 0 radical (unpaired) electrons. The van der Waals surface area contributed by atoms with Gasteiger partial charge in [-0.25, -0.2) is 8.42 Å². The van der Waals surface area contributed by atoms with Crippen molar-refractivity contribution in [1.82, 2.24) is 4.31 Å². The summed E-state index contributed by atoms with van der Waals surface area (Å²) in [5.41, 5.74) is 5.41. The van der Waals surface area contributed by atoms with Crippen LogP contribution in [0.4, 0.5) is 0 Å². The van der Waals surface area contributed by atoms with Gasteiger partial charge in [-0.3, -0.25) is 0 Å². The maximum atomic E-state index is 12.7. The standard InChI is InChI=1S/C11H18BrN3O3S2/c1-7(2)15(5-4-11(13)14-16)20(17,18)9-6-10(12)19-8(9)3/h6-7,16H,4-5H2,1-3H3,(H2,13,14). The fourth-order valence-electron chi connectivity index (χ4n) is 1.74. The van der Waals surface area contributed by atoms with Gasteiger partial charge in [-0.05, 0) is 42.8 Å². The number of rotatable bonds is 6. The first kappa shape index (κ1) is 17.4. The van der Waals surface area contributed by atoms with E-state index in [2.05, 4.69) is 21.1 Å². The second kappa shape index (κ2) is 6.88. The highest BCUT2D eigenvalue weighted by atomic mass is 79.9. The Balaban J connectivity index is 3.10. The van der Waals surface area contributed by atoms with Gasteiger partial charge in [0.05, 0.1) is 8.68 Å². The van der Waals surface area contributed by atoms with E-state index in [1.54, 1.807) is 26.8 Å². The monoisotopic (exact) mass is 383 g/mol. The largest absolute Gasteiger partial charge is 0.409 e. The number of nitrogens with zero attached hydrogens (tertiary/aromatic N) is 2. The molecule has 0 aliphatic carbocycles. The van der Waals surface area contributed by atoms with Crippen LogP contribution in [0.1, 0.15) is 25.1 Å². The number of aryl methyl sites for hydroxylation is 1. The van der Waals surface area contributed by atoms with Crippen molar-refractivity contribution in [3.8, 4) is 0 Å². The Morgan fingerprint density at radius 1 is 1.60 bits per heavy atom. The third-order valence-electron chi connectivity index (χ3n) is 2.72. The lowest BCUT2D eigenvalue weighted by Crippen LogP contribution is -2.39. The summed E-state index contributed by atoms with van der Waals surface area (Å²) in [6.45, 7) is 5.52. The second-order valence-corrected chi connectivity index (χ2v) is 9.02. The van der Waals surface area contributed by atoms with Crippen LogP contribution >= 0.6 is 27.3 Å². The van der Waals surface area contributed by atoms with Crippen molar-refractivity contribution in [2.24, 2.45) is 10.9 Å². The van der Waals surface area contributed by atoms with Crippen molar-refractivity contribution in [3.05, 3.63) is 14.7 Å². The third kappa shape index (κ3) is 3.94. The van der Waals surface area contributed by atoms with E-state index in [0.717, 1.165) is 8.66 Å². The van der Waals surface area contributed by atoms with Gasteiger partial charge in [0.2, 0.25) is 10.0 Å². The molecule has 0 atom stereocenters.